The molecule has 3 heteroatoms. The van der Waals surface area contributed by atoms with Gasteiger partial charge in [0, 0.05) is 6.42 Å². The Morgan fingerprint density at radius 3 is 2.56 bits per heavy atom. The Hall–Kier alpha value is -0.570. The summed E-state index contributed by atoms with van der Waals surface area (Å²) >= 11 is 0. The van der Waals surface area contributed by atoms with Crippen LogP contribution in [0.25, 0.3) is 0 Å². The van der Waals surface area contributed by atoms with E-state index in [0.717, 1.165) is 12.8 Å². The van der Waals surface area contributed by atoms with E-state index in [4.69, 9.17) is 10.5 Å². The second-order valence-corrected chi connectivity index (χ2v) is 4.64. The molecule has 0 rings (SSSR count). The Balaban J connectivity index is 3.70. The lowest BCUT2D eigenvalue weighted by molar-refractivity contribution is -0.146. The Morgan fingerprint density at radius 2 is 2.06 bits per heavy atom. The molecule has 0 saturated heterocycles. The molecule has 0 aliphatic rings. The van der Waals surface area contributed by atoms with Gasteiger partial charge in [0.15, 0.2) is 0 Å². The number of hydrogen-bond acceptors (Lipinski definition) is 3. The number of ether oxygens (including phenoxy) is 1. The smallest absolute Gasteiger partial charge is 0.306 e. The third-order valence-corrected chi connectivity index (χ3v) is 2.94. The number of carbonyl (C=O) groups excluding carboxylic acids is 1. The van der Waals surface area contributed by atoms with Gasteiger partial charge in [-0.3, -0.25) is 4.79 Å². The zero-order chi connectivity index (χ0) is 12.4. The van der Waals surface area contributed by atoms with Crippen LogP contribution < -0.4 is 5.73 Å². The summed E-state index contributed by atoms with van der Waals surface area (Å²) in [7, 11) is 0. The average molecular weight is 229 g/mol. The van der Waals surface area contributed by atoms with Crippen LogP contribution in [0, 0.1) is 11.8 Å². The summed E-state index contributed by atoms with van der Waals surface area (Å²) in [5.74, 6) is 0.646. The van der Waals surface area contributed by atoms with Crippen molar-refractivity contribution in [2.45, 2.75) is 52.9 Å². The van der Waals surface area contributed by atoms with Gasteiger partial charge in [-0.2, -0.15) is 0 Å². The van der Waals surface area contributed by atoms with Crippen LogP contribution in [0.15, 0.2) is 0 Å². The fraction of sp³-hybridized carbons (Fsp3) is 0.923. The van der Waals surface area contributed by atoms with E-state index in [-0.39, 0.29) is 11.9 Å². The number of nitrogens with two attached hydrogens (primary N) is 1. The normalized spacial score (nSPS) is 14.5. The van der Waals surface area contributed by atoms with Gasteiger partial charge in [0.25, 0.3) is 0 Å². The Bertz CT molecular complexity index is 183. The molecule has 16 heavy (non-hydrogen) atoms. The largest absolute Gasteiger partial charge is 0.465 e. The van der Waals surface area contributed by atoms with Crippen LogP contribution in [0.1, 0.15) is 52.9 Å². The van der Waals surface area contributed by atoms with Crippen LogP contribution in [0.2, 0.25) is 0 Å². The molecule has 2 N–H and O–H groups in total. The van der Waals surface area contributed by atoms with Gasteiger partial charge in [0.2, 0.25) is 0 Å². The van der Waals surface area contributed by atoms with Crippen LogP contribution in [0.4, 0.5) is 0 Å². The molecule has 0 aliphatic carbocycles. The quantitative estimate of drug-likeness (QED) is 0.618. The molecule has 0 fully saturated rings. The highest BCUT2D eigenvalue weighted by Gasteiger charge is 2.12. The third-order valence-electron chi connectivity index (χ3n) is 2.94. The maximum Gasteiger partial charge on any atom is 0.306 e. The van der Waals surface area contributed by atoms with Crippen LogP contribution >= 0.6 is 0 Å². The first kappa shape index (κ1) is 15.4. The standard InChI is InChI=1S/C13H27NO2/c1-4-6-7-12(5-2)10-16-13(15)8-11(3)9-14/h11-12H,4-10,14H2,1-3H3. The fourth-order valence-electron chi connectivity index (χ4n) is 1.54. The summed E-state index contributed by atoms with van der Waals surface area (Å²) in [6, 6.07) is 0. The third kappa shape index (κ3) is 7.69. The average Bonchev–Trinajstić information content (AvgIpc) is 2.29. The number of unbranched alkanes of at least 4 members (excludes halogenated alkanes) is 1. The molecule has 0 spiro atoms. The van der Waals surface area contributed by atoms with Crippen molar-refractivity contribution in [3.8, 4) is 0 Å². The highest BCUT2D eigenvalue weighted by atomic mass is 16.5. The molecule has 2 atom stereocenters. The topological polar surface area (TPSA) is 52.3 Å². The van der Waals surface area contributed by atoms with Crippen molar-refractivity contribution in [2.24, 2.45) is 17.6 Å². The number of esters is 1. The summed E-state index contributed by atoms with van der Waals surface area (Å²) in [6.45, 7) is 7.42. The Kier molecular flexibility index (Phi) is 9.30. The maximum absolute atomic E-state index is 11.4. The minimum Gasteiger partial charge on any atom is -0.465 e. The molecule has 2 unspecified atom stereocenters. The first-order chi connectivity index (χ1) is 7.63. The lowest BCUT2D eigenvalue weighted by Crippen LogP contribution is -2.19. The SMILES string of the molecule is CCCCC(CC)COC(=O)CC(C)CN. The summed E-state index contributed by atoms with van der Waals surface area (Å²) in [5, 5.41) is 0. The van der Waals surface area contributed by atoms with Gasteiger partial charge >= 0.3 is 5.97 Å². The van der Waals surface area contributed by atoms with Gasteiger partial charge in [0.1, 0.15) is 0 Å². The van der Waals surface area contributed by atoms with Crippen molar-refractivity contribution in [1.82, 2.24) is 0 Å². The molecule has 0 radical (unpaired) electrons. The fourth-order valence-corrected chi connectivity index (χ4v) is 1.54. The molecule has 0 bridgehead atoms. The summed E-state index contributed by atoms with van der Waals surface area (Å²) < 4.78 is 5.27. The summed E-state index contributed by atoms with van der Waals surface area (Å²) in [4.78, 5) is 11.4. The maximum atomic E-state index is 11.4. The van der Waals surface area contributed by atoms with Gasteiger partial charge in [0.05, 0.1) is 6.61 Å². The molecule has 0 aromatic rings. The van der Waals surface area contributed by atoms with Gasteiger partial charge in [-0.05, 0) is 24.8 Å². The lowest BCUT2D eigenvalue weighted by Gasteiger charge is -2.15. The van der Waals surface area contributed by atoms with Crippen LogP contribution in [0.5, 0.6) is 0 Å². The van der Waals surface area contributed by atoms with E-state index < -0.39 is 0 Å². The van der Waals surface area contributed by atoms with E-state index in [1.165, 1.54) is 12.8 Å². The number of rotatable bonds is 9. The van der Waals surface area contributed by atoms with Gasteiger partial charge < -0.3 is 10.5 Å². The first-order valence-electron chi connectivity index (χ1n) is 6.49. The van der Waals surface area contributed by atoms with Crippen molar-refractivity contribution in [2.75, 3.05) is 13.2 Å². The zero-order valence-electron chi connectivity index (χ0n) is 11.0. The monoisotopic (exact) mass is 229 g/mol. The minimum atomic E-state index is -0.104. The van der Waals surface area contributed by atoms with E-state index in [1.54, 1.807) is 0 Å². The molecule has 0 saturated carbocycles. The van der Waals surface area contributed by atoms with E-state index >= 15 is 0 Å². The van der Waals surface area contributed by atoms with Crippen LogP contribution in [-0.2, 0) is 9.53 Å². The molecule has 0 aromatic carbocycles. The molecular formula is C13H27NO2. The molecule has 96 valence electrons. The highest BCUT2D eigenvalue weighted by Crippen LogP contribution is 2.13. The number of carbonyl (C=O) groups is 1. The van der Waals surface area contributed by atoms with Crippen molar-refractivity contribution in [3.63, 3.8) is 0 Å². The molecule has 0 aliphatic heterocycles. The van der Waals surface area contributed by atoms with Crippen molar-refractivity contribution >= 4 is 5.97 Å². The Morgan fingerprint density at radius 1 is 1.38 bits per heavy atom. The number of hydrogen-bond donors (Lipinski definition) is 1. The Labute approximate surface area is 99.7 Å². The van der Waals surface area contributed by atoms with Gasteiger partial charge in [-0.25, -0.2) is 0 Å². The summed E-state index contributed by atoms with van der Waals surface area (Å²) in [5.41, 5.74) is 5.46. The van der Waals surface area contributed by atoms with Crippen LogP contribution in [-0.4, -0.2) is 19.1 Å². The second kappa shape index (κ2) is 9.64. The minimum absolute atomic E-state index is 0.104. The predicted octanol–water partition coefficient (Wildman–Crippen LogP) is 2.73. The lowest BCUT2D eigenvalue weighted by atomic mass is 10.0. The predicted molar refractivity (Wildman–Crippen MR) is 67.1 cm³/mol. The second-order valence-electron chi connectivity index (χ2n) is 4.64. The summed E-state index contributed by atoms with van der Waals surface area (Å²) in [6.07, 6.45) is 5.11. The van der Waals surface area contributed by atoms with E-state index in [0.29, 0.717) is 25.5 Å². The van der Waals surface area contributed by atoms with E-state index in [1.807, 2.05) is 6.92 Å². The molecular weight excluding hydrogens is 202 g/mol. The first-order valence-corrected chi connectivity index (χ1v) is 6.49. The van der Waals surface area contributed by atoms with E-state index in [9.17, 15) is 4.79 Å². The molecule has 0 aromatic heterocycles. The van der Waals surface area contributed by atoms with Crippen molar-refractivity contribution < 1.29 is 9.53 Å². The van der Waals surface area contributed by atoms with Crippen LogP contribution in [0.3, 0.4) is 0 Å². The zero-order valence-corrected chi connectivity index (χ0v) is 11.0. The molecule has 3 nitrogen and oxygen atoms in total. The van der Waals surface area contributed by atoms with Crippen molar-refractivity contribution in [3.05, 3.63) is 0 Å². The molecule has 0 heterocycles. The highest BCUT2D eigenvalue weighted by molar-refractivity contribution is 5.69. The van der Waals surface area contributed by atoms with E-state index in [2.05, 4.69) is 13.8 Å². The van der Waals surface area contributed by atoms with Gasteiger partial charge in [-0.1, -0.05) is 40.0 Å². The van der Waals surface area contributed by atoms with Gasteiger partial charge in [-0.15, -0.1) is 0 Å². The molecule has 0 amide bonds. The van der Waals surface area contributed by atoms with Crippen molar-refractivity contribution in [1.29, 1.82) is 0 Å².